The molecule has 2 aromatic carbocycles. The average molecular weight is 393 g/mol. The Morgan fingerprint density at radius 2 is 1.55 bits per heavy atom. The Morgan fingerprint density at radius 1 is 0.897 bits per heavy atom. The van der Waals surface area contributed by atoms with Crippen LogP contribution in [0.1, 0.15) is 31.9 Å². The number of anilines is 3. The van der Waals surface area contributed by atoms with E-state index >= 15 is 0 Å². The molecule has 0 saturated carbocycles. The molecule has 8 heteroatoms. The topological polar surface area (TPSA) is 87.1 Å². The Hall–Kier alpha value is -3.55. The lowest BCUT2D eigenvalue weighted by Crippen LogP contribution is -2.28. The standard InChI is InChI=1S/C21H24FN7/c1-21(2,3)28-19-25-18(23-13-15-9-5-4-6-10-15)26-20(27-19)29-24-14-16-11-7-8-12-17(16)22/h4-12,14H,13H2,1-3H3,(H3,23,25,26,27,28,29). The highest BCUT2D eigenvalue weighted by atomic mass is 19.1. The molecule has 0 unspecified atom stereocenters. The maximum absolute atomic E-state index is 13.7. The predicted molar refractivity (Wildman–Crippen MR) is 115 cm³/mol. The van der Waals surface area contributed by atoms with Crippen molar-refractivity contribution in [3.8, 4) is 0 Å². The van der Waals surface area contributed by atoms with E-state index in [9.17, 15) is 4.39 Å². The Kier molecular flexibility index (Phi) is 6.33. The third kappa shape index (κ3) is 6.53. The van der Waals surface area contributed by atoms with Crippen molar-refractivity contribution in [1.82, 2.24) is 15.0 Å². The van der Waals surface area contributed by atoms with Gasteiger partial charge in [-0.3, -0.25) is 0 Å². The van der Waals surface area contributed by atoms with E-state index < -0.39 is 0 Å². The fourth-order valence-electron chi connectivity index (χ4n) is 2.41. The summed E-state index contributed by atoms with van der Waals surface area (Å²) in [6.45, 7) is 6.60. The summed E-state index contributed by atoms with van der Waals surface area (Å²) >= 11 is 0. The summed E-state index contributed by atoms with van der Waals surface area (Å²) in [7, 11) is 0. The Balaban J connectivity index is 1.77. The van der Waals surface area contributed by atoms with Crippen molar-refractivity contribution in [2.75, 3.05) is 16.1 Å². The molecule has 1 aromatic heterocycles. The molecular formula is C21H24FN7. The Labute approximate surface area is 169 Å². The first kappa shape index (κ1) is 20.2. The van der Waals surface area contributed by atoms with Crippen molar-refractivity contribution < 1.29 is 4.39 Å². The van der Waals surface area contributed by atoms with E-state index in [0.29, 0.717) is 24.0 Å². The van der Waals surface area contributed by atoms with Crippen LogP contribution < -0.4 is 16.1 Å². The van der Waals surface area contributed by atoms with E-state index in [0.717, 1.165) is 5.56 Å². The predicted octanol–water partition coefficient (Wildman–Crippen LogP) is 4.28. The molecule has 3 N–H and O–H groups in total. The Morgan fingerprint density at radius 3 is 2.28 bits per heavy atom. The monoisotopic (exact) mass is 393 g/mol. The van der Waals surface area contributed by atoms with Gasteiger partial charge in [-0.1, -0.05) is 48.5 Å². The van der Waals surface area contributed by atoms with E-state index in [1.54, 1.807) is 18.2 Å². The van der Waals surface area contributed by atoms with Gasteiger partial charge in [-0.15, -0.1) is 0 Å². The summed E-state index contributed by atoms with van der Waals surface area (Å²) in [6, 6.07) is 16.3. The van der Waals surface area contributed by atoms with Gasteiger partial charge >= 0.3 is 0 Å². The smallest absolute Gasteiger partial charge is 0.250 e. The number of benzene rings is 2. The highest BCUT2D eigenvalue weighted by molar-refractivity contribution is 5.80. The van der Waals surface area contributed by atoms with Gasteiger partial charge in [-0.25, -0.2) is 9.82 Å². The maximum Gasteiger partial charge on any atom is 0.250 e. The van der Waals surface area contributed by atoms with Gasteiger partial charge < -0.3 is 10.6 Å². The number of nitrogens with zero attached hydrogens (tertiary/aromatic N) is 4. The number of nitrogens with one attached hydrogen (secondary N) is 3. The highest BCUT2D eigenvalue weighted by Gasteiger charge is 2.14. The lowest BCUT2D eigenvalue weighted by atomic mass is 10.1. The summed E-state index contributed by atoms with van der Waals surface area (Å²) in [4.78, 5) is 13.1. The molecule has 3 rings (SSSR count). The molecule has 0 bridgehead atoms. The maximum atomic E-state index is 13.7. The molecule has 0 saturated heterocycles. The number of hydrogen-bond acceptors (Lipinski definition) is 7. The zero-order valence-electron chi connectivity index (χ0n) is 16.6. The quantitative estimate of drug-likeness (QED) is 0.410. The summed E-state index contributed by atoms with van der Waals surface area (Å²) < 4.78 is 13.7. The van der Waals surface area contributed by atoms with Crippen LogP contribution in [0.3, 0.4) is 0 Å². The summed E-state index contributed by atoms with van der Waals surface area (Å²) in [5, 5.41) is 10.5. The van der Waals surface area contributed by atoms with Crippen molar-refractivity contribution in [1.29, 1.82) is 0 Å². The van der Waals surface area contributed by atoms with Gasteiger partial charge in [0.05, 0.1) is 6.21 Å². The van der Waals surface area contributed by atoms with Crippen LogP contribution in [0.2, 0.25) is 0 Å². The molecule has 0 radical (unpaired) electrons. The van der Waals surface area contributed by atoms with Crippen molar-refractivity contribution >= 4 is 24.1 Å². The minimum atomic E-state index is -0.353. The average Bonchev–Trinajstić information content (AvgIpc) is 2.67. The SMILES string of the molecule is CC(C)(C)Nc1nc(NCc2ccccc2)nc(NN=Cc2ccccc2F)n1. The normalized spacial score (nSPS) is 11.4. The first-order valence-electron chi connectivity index (χ1n) is 9.25. The van der Waals surface area contributed by atoms with Crippen LogP contribution in [0.5, 0.6) is 0 Å². The molecule has 3 aromatic rings. The zero-order chi connectivity index (χ0) is 20.7. The van der Waals surface area contributed by atoms with Gasteiger partial charge in [0, 0.05) is 17.6 Å². The number of rotatable bonds is 7. The van der Waals surface area contributed by atoms with Crippen molar-refractivity contribution in [3.05, 3.63) is 71.5 Å². The molecule has 29 heavy (non-hydrogen) atoms. The fourth-order valence-corrected chi connectivity index (χ4v) is 2.41. The highest BCUT2D eigenvalue weighted by Crippen LogP contribution is 2.15. The fraction of sp³-hybridized carbons (Fsp3) is 0.238. The number of aromatic nitrogens is 3. The van der Waals surface area contributed by atoms with Crippen molar-refractivity contribution in [3.63, 3.8) is 0 Å². The van der Waals surface area contributed by atoms with Crippen LogP contribution >= 0.6 is 0 Å². The minimum Gasteiger partial charge on any atom is -0.350 e. The molecule has 1 heterocycles. The van der Waals surface area contributed by atoms with Crippen LogP contribution in [0.4, 0.5) is 22.2 Å². The first-order chi connectivity index (χ1) is 13.9. The van der Waals surface area contributed by atoms with Crippen LogP contribution in [-0.4, -0.2) is 26.7 Å². The molecule has 0 aliphatic rings. The zero-order valence-corrected chi connectivity index (χ0v) is 16.6. The van der Waals surface area contributed by atoms with Crippen molar-refractivity contribution in [2.45, 2.75) is 32.9 Å². The second-order valence-electron chi connectivity index (χ2n) is 7.41. The van der Waals surface area contributed by atoms with Gasteiger partial charge in [0.15, 0.2) is 0 Å². The first-order valence-corrected chi connectivity index (χ1v) is 9.25. The number of hydrogen-bond donors (Lipinski definition) is 3. The third-order valence-electron chi connectivity index (χ3n) is 3.69. The molecule has 0 amide bonds. The lowest BCUT2D eigenvalue weighted by Gasteiger charge is -2.20. The molecule has 0 atom stereocenters. The van der Waals surface area contributed by atoms with Gasteiger partial charge in [-0.05, 0) is 32.4 Å². The molecule has 0 aliphatic carbocycles. The van der Waals surface area contributed by atoms with E-state index in [1.165, 1.54) is 12.3 Å². The van der Waals surface area contributed by atoms with Gasteiger partial charge in [0.1, 0.15) is 5.82 Å². The molecule has 0 spiro atoms. The summed E-state index contributed by atoms with van der Waals surface area (Å²) in [6.07, 6.45) is 1.38. The lowest BCUT2D eigenvalue weighted by molar-refractivity contribution is 0.625. The van der Waals surface area contributed by atoms with E-state index in [1.807, 2.05) is 51.1 Å². The Bertz CT molecular complexity index is 968. The van der Waals surface area contributed by atoms with E-state index in [2.05, 4.69) is 36.1 Å². The second kappa shape index (κ2) is 9.09. The summed E-state index contributed by atoms with van der Waals surface area (Å²) in [5.74, 6) is 0.703. The minimum absolute atomic E-state index is 0.230. The third-order valence-corrected chi connectivity index (χ3v) is 3.69. The van der Waals surface area contributed by atoms with Crippen molar-refractivity contribution in [2.24, 2.45) is 5.10 Å². The van der Waals surface area contributed by atoms with E-state index in [4.69, 9.17) is 0 Å². The number of hydrazone groups is 1. The van der Waals surface area contributed by atoms with Gasteiger partial charge in [-0.2, -0.15) is 20.1 Å². The second-order valence-corrected chi connectivity index (χ2v) is 7.41. The van der Waals surface area contributed by atoms with Gasteiger partial charge in [0.25, 0.3) is 0 Å². The summed E-state index contributed by atoms with van der Waals surface area (Å²) in [5.41, 5.74) is 3.98. The largest absolute Gasteiger partial charge is 0.350 e. The molecule has 7 nitrogen and oxygen atoms in total. The number of halogens is 1. The molecule has 0 fully saturated rings. The van der Waals surface area contributed by atoms with Crippen LogP contribution in [0.25, 0.3) is 0 Å². The van der Waals surface area contributed by atoms with Gasteiger partial charge in [0.2, 0.25) is 17.8 Å². The molecule has 0 aliphatic heterocycles. The van der Waals surface area contributed by atoms with Crippen LogP contribution in [0.15, 0.2) is 59.7 Å². The van der Waals surface area contributed by atoms with E-state index in [-0.39, 0.29) is 17.3 Å². The molecular weight excluding hydrogens is 369 g/mol. The van der Waals surface area contributed by atoms with Crippen LogP contribution in [0, 0.1) is 5.82 Å². The molecule has 150 valence electrons. The van der Waals surface area contributed by atoms with Crippen LogP contribution in [-0.2, 0) is 6.54 Å².